The molecule has 5 N–H and O–H groups in total. The van der Waals surface area contributed by atoms with Crippen LogP contribution in [0.5, 0.6) is 0 Å². The summed E-state index contributed by atoms with van der Waals surface area (Å²) in [6, 6.07) is 0. The Labute approximate surface area is 143 Å². The number of allylic oxidation sites excluding steroid dienone is 2. The first kappa shape index (κ1) is 16.8. The normalized spacial score (nSPS) is 20.0. The van der Waals surface area contributed by atoms with Crippen molar-refractivity contribution in [1.82, 2.24) is 9.55 Å². The minimum absolute atomic E-state index is 0.387. The van der Waals surface area contributed by atoms with E-state index in [0.29, 0.717) is 36.2 Å². The molecule has 0 bridgehead atoms. The number of nitrogen functional groups attached to an aromatic ring is 1. The van der Waals surface area contributed by atoms with Crippen molar-refractivity contribution in [2.75, 3.05) is 18.9 Å². The minimum atomic E-state index is 0.387. The molecule has 0 spiro atoms. The van der Waals surface area contributed by atoms with Crippen LogP contribution >= 0.6 is 0 Å². The molecule has 1 aliphatic carbocycles. The Morgan fingerprint density at radius 3 is 2.96 bits per heavy atom. The summed E-state index contributed by atoms with van der Waals surface area (Å²) in [4.78, 5) is 4.64. The zero-order valence-corrected chi connectivity index (χ0v) is 14.6. The molecular formula is C18H27N5O. The number of aromatic nitrogens is 2. The minimum Gasteiger partial charge on any atom is -0.493 e. The summed E-state index contributed by atoms with van der Waals surface area (Å²) in [5.41, 5.74) is 15.7. The van der Waals surface area contributed by atoms with E-state index in [4.69, 9.17) is 21.6 Å². The van der Waals surface area contributed by atoms with E-state index >= 15 is 0 Å². The fraction of sp³-hybridized carbons (Fsp3) is 0.556. The number of rotatable bonds is 6. The average Bonchev–Trinajstić information content (AvgIpc) is 3.13. The lowest BCUT2D eigenvalue weighted by Gasteiger charge is -2.24. The van der Waals surface area contributed by atoms with Crippen molar-refractivity contribution in [3.8, 4) is 0 Å². The molecular weight excluding hydrogens is 302 g/mol. The second-order valence-corrected chi connectivity index (χ2v) is 6.60. The third-order valence-corrected chi connectivity index (χ3v) is 4.99. The van der Waals surface area contributed by atoms with Crippen molar-refractivity contribution < 1.29 is 4.74 Å². The van der Waals surface area contributed by atoms with Gasteiger partial charge in [-0.05, 0) is 37.3 Å². The molecule has 0 fully saturated rings. The first-order valence-corrected chi connectivity index (χ1v) is 8.70. The number of hydrogen-bond acceptors (Lipinski definition) is 5. The van der Waals surface area contributed by atoms with Gasteiger partial charge < -0.3 is 26.2 Å². The molecule has 1 unspecified atom stereocenters. The van der Waals surface area contributed by atoms with Gasteiger partial charge in [-0.2, -0.15) is 0 Å². The van der Waals surface area contributed by atoms with Crippen molar-refractivity contribution in [2.45, 2.75) is 46.1 Å². The van der Waals surface area contributed by atoms with Gasteiger partial charge in [0.15, 0.2) is 0 Å². The first-order valence-electron chi connectivity index (χ1n) is 8.70. The number of nitrogens with one attached hydrogen (secondary N) is 1. The second-order valence-electron chi connectivity index (χ2n) is 6.60. The SMILES string of the molecule is CCC1CC2=C(C=C1Cc1nc(C(C)=N)c(N)n1CCN)OCC2. The van der Waals surface area contributed by atoms with E-state index in [9.17, 15) is 0 Å². The quantitative estimate of drug-likeness (QED) is 0.697. The number of nitrogens with zero attached hydrogens (tertiary/aromatic N) is 2. The van der Waals surface area contributed by atoms with Crippen LogP contribution in [0.3, 0.4) is 0 Å². The molecule has 130 valence electrons. The van der Waals surface area contributed by atoms with Gasteiger partial charge >= 0.3 is 0 Å². The van der Waals surface area contributed by atoms with Crippen molar-refractivity contribution in [1.29, 1.82) is 5.41 Å². The number of imidazole rings is 1. The molecule has 2 aliphatic rings. The third-order valence-electron chi connectivity index (χ3n) is 4.99. The summed E-state index contributed by atoms with van der Waals surface area (Å²) in [6.07, 6.45) is 6.18. The topological polar surface area (TPSA) is 103 Å². The molecule has 3 rings (SSSR count). The lowest BCUT2D eigenvalue weighted by molar-refractivity contribution is 0.256. The van der Waals surface area contributed by atoms with Gasteiger partial charge in [0, 0.05) is 25.9 Å². The van der Waals surface area contributed by atoms with Gasteiger partial charge in [-0.25, -0.2) is 4.98 Å². The molecule has 6 heteroatoms. The van der Waals surface area contributed by atoms with Crippen LogP contribution in [0.4, 0.5) is 5.82 Å². The predicted molar refractivity (Wildman–Crippen MR) is 96.0 cm³/mol. The Hall–Kier alpha value is -2.08. The Morgan fingerprint density at radius 1 is 1.50 bits per heavy atom. The molecule has 1 aromatic heterocycles. The van der Waals surface area contributed by atoms with Crippen molar-refractivity contribution in [3.63, 3.8) is 0 Å². The van der Waals surface area contributed by atoms with Gasteiger partial charge in [-0.3, -0.25) is 0 Å². The highest BCUT2D eigenvalue weighted by molar-refractivity contribution is 5.98. The van der Waals surface area contributed by atoms with Gasteiger partial charge in [0.1, 0.15) is 23.1 Å². The molecule has 0 radical (unpaired) electrons. The zero-order chi connectivity index (χ0) is 17.3. The number of hydrogen-bond donors (Lipinski definition) is 3. The van der Waals surface area contributed by atoms with Crippen LogP contribution in [-0.2, 0) is 17.7 Å². The van der Waals surface area contributed by atoms with E-state index in [-0.39, 0.29) is 0 Å². The van der Waals surface area contributed by atoms with E-state index in [0.717, 1.165) is 43.9 Å². The van der Waals surface area contributed by atoms with Crippen LogP contribution in [0.25, 0.3) is 0 Å². The standard InChI is InChI=1S/C18H27N5O/c1-3-12-8-13-4-7-24-15(13)9-14(12)10-16-22-17(11(2)20)18(21)23(16)6-5-19/h9,12,20H,3-8,10,19,21H2,1-2H3. The predicted octanol–water partition coefficient (Wildman–Crippen LogP) is 2.38. The molecule has 0 aromatic carbocycles. The van der Waals surface area contributed by atoms with E-state index in [1.165, 1.54) is 11.1 Å². The number of nitrogens with two attached hydrogens (primary N) is 2. The molecule has 1 aromatic rings. The molecule has 0 saturated heterocycles. The van der Waals surface area contributed by atoms with Gasteiger partial charge in [-0.15, -0.1) is 0 Å². The molecule has 0 saturated carbocycles. The maximum absolute atomic E-state index is 7.88. The van der Waals surface area contributed by atoms with Crippen LogP contribution in [0.2, 0.25) is 0 Å². The highest BCUT2D eigenvalue weighted by atomic mass is 16.5. The summed E-state index contributed by atoms with van der Waals surface area (Å²) in [5.74, 6) is 3.03. The van der Waals surface area contributed by atoms with Gasteiger partial charge in [0.2, 0.25) is 0 Å². The van der Waals surface area contributed by atoms with Crippen molar-refractivity contribution in [2.24, 2.45) is 11.7 Å². The summed E-state index contributed by atoms with van der Waals surface area (Å²) < 4.78 is 7.72. The Morgan fingerprint density at radius 2 is 2.29 bits per heavy atom. The number of anilines is 1. The van der Waals surface area contributed by atoms with Crippen molar-refractivity contribution >= 4 is 11.5 Å². The summed E-state index contributed by atoms with van der Waals surface area (Å²) in [7, 11) is 0. The van der Waals surface area contributed by atoms with Crippen LogP contribution in [0.1, 0.15) is 44.6 Å². The fourth-order valence-electron chi connectivity index (χ4n) is 3.66. The van der Waals surface area contributed by atoms with Crippen LogP contribution in [0, 0.1) is 11.3 Å². The summed E-state index contributed by atoms with van der Waals surface area (Å²) >= 11 is 0. The largest absolute Gasteiger partial charge is 0.493 e. The monoisotopic (exact) mass is 329 g/mol. The summed E-state index contributed by atoms with van der Waals surface area (Å²) in [5, 5.41) is 7.88. The second kappa shape index (κ2) is 6.81. The van der Waals surface area contributed by atoms with E-state index in [2.05, 4.69) is 18.0 Å². The maximum atomic E-state index is 7.88. The third kappa shape index (κ3) is 2.98. The average molecular weight is 329 g/mol. The Balaban J connectivity index is 1.94. The molecule has 2 heterocycles. The van der Waals surface area contributed by atoms with Gasteiger partial charge in [0.05, 0.1) is 12.3 Å². The van der Waals surface area contributed by atoms with Gasteiger partial charge in [-0.1, -0.05) is 12.5 Å². The number of ether oxygens (including phenoxy) is 1. The molecule has 24 heavy (non-hydrogen) atoms. The van der Waals surface area contributed by atoms with Gasteiger partial charge in [0.25, 0.3) is 0 Å². The molecule has 1 atom stereocenters. The van der Waals surface area contributed by atoms with E-state index < -0.39 is 0 Å². The zero-order valence-electron chi connectivity index (χ0n) is 14.6. The lowest BCUT2D eigenvalue weighted by atomic mass is 9.82. The summed E-state index contributed by atoms with van der Waals surface area (Å²) in [6.45, 7) is 5.87. The molecule has 1 aliphatic heterocycles. The highest BCUT2D eigenvalue weighted by Crippen LogP contribution is 2.38. The lowest BCUT2D eigenvalue weighted by Crippen LogP contribution is -2.18. The fourth-order valence-corrected chi connectivity index (χ4v) is 3.66. The Bertz CT molecular complexity index is 713. The first-order chi connectivity index (χ1) is 11.5. The Kier molecular flexibility index (Phi) is 4.76. The smallest absolute Gasteiger partial charge is 0.133 e. The van der Waals surface area contributed by atoms with E-state index in [1.54, 1.807) is 6.92 Å². The van der Waals surface area contributed by atoms with E-state index in [1.807, 2.05) is 4.57 Å². The highest BCUT2D eigenvalue weighted by Gasteiger charge is 2.27. The van der Waals surface area contributed by atoms with Crippen molar-refractivity contribution in [3.05, 3.63) is 34.5 Å². The molecule has 6 nitrogen and oxygen atoms in total. The van der Waals surface area contributed by atoms with Crippen LogP contribution in [-0.4, -0.2) is 28.4 Å². The van der Waals surface area contributed by atoms with Crippen LogP contribution in [0.15, 0.2) is 23.0 Å². The van der Waals surface area contributed by atoms with Crippen LogP contribution < -0.4 is 11.5 Å². The maximum Gasteiger partial charge on any atom is 0.133 e. The molecule has 0 amide bonds.